The molecule has 0 aliphatic carbocycles. The highest BCUT2D eigenvalue weighted by molar-refractivity contribution is 5.77. The summed E-state index contributed by atoms with van der Waals surface area (Å²) < 4.78 is 5.16. The van der Waals surface area contributed by atoms with Gasteiger partial charge in [0.25, 0.3) is 5.56 Å². The number of carbonyl (C=O) groups excluding carboxylic acids is 2. The zero-order valence-corrected chi connectivity index (χ0v) is 18.0. The van der Waals surface area contributed by atoms with Crippen molar-refractivity contribution < 1.29 is 14.3 Å². The number of aromatic nitrogens is 2. The number of methoxy groups -OCH3 is 1. The topological polar surface area (TPSA) is 95.6 Å². The lowest BCUT2D eigenvalue weighted by molar-refractivity contribution is -0.130. The van der Waals surface area contributed by atoms with Crippen molar-refractivity contribution in [2.75, 3.05) is 26.7 Å². The van der Waals surface area contributed by atoms with Gasteiger partial charge in [0.05, 0.1) is 19.3 Å². The summed E-state index contributed by atoms with van der Waals surface area (Å²) in [4.78, 5) is 48.2. The van der Waals surface area contributed by atoms with Crippen LogP contribution in [0.5, 0.6) is 5.75 Å². The Kier molecular flexibility index (Phi) is 6.06. The lowest BCUT2D eigenvalue weighted by atomic mass is 10.0. The van der Waals surface area contributed by atoms with Gasteiger partial charge < -0.3 is 19.5 Å². The Hall–Kier alpha value is -3.16. The van der Waals surface area contributed by atoms with Crippen molar-refractivity contribution in [3.8, 4) is 5.75 Å². The maximum Gasteiger partial charge on any atom is 0.254 e. The van der Waals surface area contributed by atoms with Crippen LogP contribution in [0, 0.1) is 0 Å². The minimum Gasteiger partial charge on any atom is -0.497 e. The molecule has 1 aromatic heterocycles. The fourth-order valence-corrected chi connectivity index (χ4v) is 4.33. The zero-order valence-electron chi connectivity index (χ0n) is 18.0. The molecule has 0 bridgehead atoms. The Morgan fingerprint density at radius 3 is 2.68 bits per heavy atom. The van der Waals surface area contributed by atoms with Crippen LogP contribution < -0.4 is 10.3 Å². The number of nitrogens with zero attached hydrogens (tertiary/aromatic N) is 3. The third-order valence-corrected chi connectivity index (χ3v) is 6.25. The van der Waals surface area contributed by atoms with Crippen molar-refractivity contribution in [1.29, 1.82) is 0 Å². The summed E-state index contributed by atoms with van der Waals surface area (Å²) in [7, 11) is 1.63. The minimum atomic E-state index is -0.118. The van der Waals surface area contributed by atoms with E-state index in [9.17, 15) is 14.4 Å². The Morgan fingerprint density at radius 1 is 1.19 bits per heavy atom. The maximum absolute atomic E-state index is 12.7. The lowest BCUT2D eigenvalue weighted by Gasteiger charge is -2.27. The van der Waals surface area contributed by atoms with E-state index >= 15 is 0 Å². The molecule has 8 nitrogen and oxygen atoms in total. The molecular formula is C23H28N4O4. The Balaban J connectivity index is 1.38. The molecule has 164 valence electrons. The van der Waals surface area contributed by atoms with Crippen molar-refractivity contribution in [2.24, 2.45) is 0 Å². The van der Waals surface area contributed by atoms with Crippen LogP contribution >= 0.6 is 0 Å². The monoisotopic (exact) mass is 424 g/mol. The molecule has 1 N–H and O–H groups in total. The van der Waals surface area contributed by atoms with Gasteiger partial charge in [-0.25, -0.2) is 4.98 Å². The summed E-state index contributed by atoms with van der Waals surface area (Å²) in [6.07, 6.45) is 2.42. The molecule has 1 aromatic carbocycles. The van der Waals surface area contributed by atoms with Gasteiger partial charge in [0.2, 0.25) is 11.8 Å². The molecular weight excluding hydrogens is 396 g/mol. The van der Waals surface area contributed by atoms with E-state index in [4.69, 9.17) is 9.72 Å². The van der Waals surface area contributed by atoms with Crippen LogP contribution in [-0.2, 0) is 29.0 Å². The van der Waals surface area contributed by atoms with Crippen molar-refractivity contribution in [2.45, 2.75) is 45.1 Å². The number of rotatable bonds is 5. The van der Waals surface area contributed by atoms with E-state index in [0.717, 1.165) is 17.7 Å². The summed E-state index contributed by atoms with van der Waals surface area (Å²) in [5.41, 5.74) is 2.34. The molecule has 1 atom stereocenters. The van der Waals surface area contributed by atoms with E-state index in [0.29, 0.717) is 62.5 Å². The number of ether oxygens (including phenoxy) is 1. The van der Waals surface area contributed by atoms with Gasteiger partial charge in [-0.2, -0.15) is 0 Å². The highest BCUT2D eigenvalue weighted by Gasteiger charge is 2.30. The van der Waals surface area contributed by atoms with E-state index in [2.05, 4.69) is 4.98 Å². The molecule has 2 aromatic rings. The van der Waals surface area contributed by atoms with E-state index < -0.39 is 0 Å². The van der Waals surface area contributed by atoms with E-state index in [1.165, 1.54) is 6.92 Å². The number of aromatic amines is 1. The Morgan fingerprint density at radius 2 is 1.97 bits per heavy atom. The average molecular weight is 425 g/mol. The molecule has 3 heterocycles. The van der Waals surface area contributed by atoms with Crippen molar-refractivity contribution in [3.05, 3.63) is 57.3 Å². The molecule has 0 spiro atoms. The first-order valence-corrected chi connectivity index (χ1v) is 10.7. The third-order valence-electron chi connectivity index (χ3n) is 6.25. The summed E-state index contributed by atoms with van der Waals surface area (Å²) in [6.45, 7) is 3.67. The minimum absolute atomic E-state index is 0.00985. The smallest absolute Gasteiger partial charge is 0.254 e. The Bertz CT molecular complexity index is 1030. The number of amides is 2. The van der Waals surface area contributed by atoms with Crippen LogP contribution in [0.2, 0.25) is 0 Å². The molecule has 4 rings (SSSR count). The summed E-state index contributed by atoms with van der Waals surface area (Å²) >= 11 is 0. The van der Waals surface area contributed by atoms with Gasteiger partial charge in [0.15, 0.2) is 0 Å². The molecule has 8 heteroatoms. The predicted molar refractivity (Wildman–Crippen MR) is 115 cm³/mol. The quantitative estimate of drug-likeness (QED) is 0.787. The fourth-order valence-electron chi connectivity index (χ4n) is 4.33. The van der Waals surface area contributed by atoms with Crippen molar-refractivity contribution >= 4 is 11.8 Å². The van der Waals surface area contributed by atoms with Gasteiger partial charge in [0.1, 0.15) is 11.6 Å². The molecule has 1 unspecified atom stereocenters. The SMILES string of the molecule is COc1ccc(CCC(=O)N2CCC(c3nc4c(c(=O)[nH]3)CCN(C(C)=O)C4)C2)cc1. The van der Waals surface area contributed by atoms with Crippen LogP contribution in [-0.4, -0.2) is 58.3 Å². The number of H-pyrrole nitrogens is 1. The molecule has 1 fully saturated rings. The maximum atomic E-state index is 12.7. The predicted octanol–water partition coefficient (Wildman–Crippen LogP) is 1.63. The molecule has 0 saturated carbocycles. The molecule has 2 aliphatic rings. The molecule has 1 saturated heterocycles. The fraction of sp³-hybridized carbons (Fsp3) is 0.478. The first-order chi connectivity index (χ1) is 14.9. The normalized spacial score (nSPS) is 18.1. The van der Waals surface area contributed by atoms with Crippen molar-refractivity contribution in [3.63, 3.8) is 0 Å². The second-order valence-electron chi connectivity index (χ2n) is 8.24. The highest BCUT2D eigenvalue weighted by atomic mass is 16.5. The van der Waals surface area contributed by atoms with Crippen LogP contribution in [0.4, 0.5) is 0 Å². The number of hydrogen-bond acceptors (Lipinski definition) is 5. The number of carbonyl (C=O) groups is 2. The number of nitrogens with one attached hydrogen (secondary N) is 1. The molecule has 2 aliphatic heterocycles. The standard InChI is InChI=1S/C23H28N4O4/c1-15(28)26-12-10-19-20(14-26)24-22(25-23(19)30)17-9-11-27(13-17)21(29)8-5-16-3-6-18(31-2)7-4-16/h3-4,6-7,17H,5,8-14H2,1-2H3,(H,24,25,30). The molecule has 0 radical (unpaired) electrons. The highest BCUT2D eigenvalue weighted by Crippen LogP contribution is 2.26. The summed E-state index contributed by atoms with van der Waals surface area (Å²) in [5.74, 6) is 1.54. The summed E-state index contributed by atoms with van der Waals surface area (Å²) in [6, 6.07) is 7.75. The van der Waals surface area contributed by atoms with Crippen LogP contribution in [0.1, 0.15) is 48.3 Å². The van der Waals surface area contributed by atoms with Gasteiger partial charge in [-0.1, -0.05) is 12.1 Å². The van der Waals surface area contributed by atoms with E-state index in [-0.39, 0.29) is 23.3 Å². The van der Waals surface area contributed by atoms with Crippen LogP contribution in [0.25, 0.3) is 0 Å². The van der Waals surface area contributed by atoms with E-state index in [1.807, 2.05) is 29.2 Å². The second kappa shape index (κ2) is 8.91. The number of aryl methyl sites for hydroxylation is 1. The second-order valence-corrected chi connectivity index (χ2v) is 8.24. The van der Waals surface area contributed by atoms with Gasteiger partial charge >= 0.3 is 0 Å². The number of benzene rings is 1. The average Bonchev–Trinajstić information content (AvgIpc) is 3.28. The largest absolute Gasteiger partial charge is 0.497 e. The van der Waals surface area contributed by atoms with Gasteiger partial charge in [0, 0.05) is 44.5 Å². The number of fused-ring (bicyclic) bond motifs is 1. The first kappa shape index (κ1) is 21.1. The Labute approximate surface area is 181 Å². The van der Waals surface area contributed by atoms with Crippen molar-refractivity contribution in [1.82, 2.24) is 19.8 Å². The zero-order chi connectivity index (χ0) is 22.0. The van der Waals surface area contributed by atoms with Crippen LogP contribution in [0.3, 0.4) is 0 Å². The van der Waals surface area contributed by atoms with Gasteiger partial charge in [-0.05, 0) is 37.0 Å². The molecule has 2 amide bonds. The number of hydrogen-bond donors (Lipinski definition) is 1. The van der Waals surface area contributed by atoms with Gasteiger partial charge in [-0.3, -0.25) is 14.4 Å². The van der Waals surface area contributed by atoms with E-state index in [1.54, 1.807) is 12.0 Å². The number of likely N-dealkylation sites (tertiary alicyclic amines) is 1. The van der Waals surface area contributed by atoms with Crippen LogP contribution in [0.15, 0.2) is 29.1 Å². The lowest BCUT2D eigenvalue weighted by Crippen LogP contribution is -2.38. The third kappa shape index (κ3) is 4.62. The van der Waals surface area contributed by atoms with Gasteiger partial charge in [-0.15, -0.1) is 0 Å². The summed E-state index contributed by atoms with van der Waals surface area (Å²) in [5, 5.41) is 0. The first-order valence-electron chi connectivity index (χ1n) is 10.7. The molecule has 31 heavy (non-hydrogen) atoms.